The van der Waals surface area contributed by atoms with Crippen LogP contribution < -0.4 is 5.32 Å². The molecule has 2 saturated heterocycles. The van der Waals surface area contributed by atoms with Gasteiger partial charge in [-0.25, -0.2) is 0 Å². The average molecular weight is 157 g/mol. The predicted octanol–water partition coefficient (Wildman–Crippen LogP) is 0.152. The SMILES string of the molecule is CC1CC(NC2COC2)CO1. The van der Waals surface area contributed by atoms with E-state index in [-0.39, 0.29) is 0 Å². The highest BCUT2D eigenvalue weighted by Crippen LogP contribution is 2.14. The fraction of sp³-hybridized carbons (Fsp3) is 1.00. The van der Waals surface area contributed by atoms with Crippen LogP contribution in [0.1, 0.15) is 13.3 Å². The van der Waals surface area contributed by atoms with Crippen LogP contribution in [-0.4, -0.2) is 38.0 Å². The third-order valence-corrected chi connectivity index (χ3v) is 2.31. The first-order valence-electron chi connectivity index (χ1n) is 4.30. The minimum Gasteiger partial charge on any atom is -0.378 e. The summed E-state index contributed by atoms with van der Waals surface area (Å²) in [6, 6.07) is 1.16. The highest BCUT2D eigenvalue weighted by atomic mass is 16.5. The van der Waals surface area contributed by atoms with Crippen LogP contribution in [0.2, 0.25) is 0 Å². The highest BCUT2D eigenvalue weighted by molar-refractivity contribution is 4.83. The summed E-state index contributed by atoms with van der Waals surface area (Å²) >= 11 is 0. The van der Waals surface area contributed by atoms with Crippen molar-refractivity contribution in [2.45, 2.75) is 31.5 Å². The van der Waals surface area contributed by atoms with Gasteiger partial charge in [0.1, 0.15) is 0 Å². The van der Waals surface area contributed by atoms with Gasteiger partial charge in [-0.05, 0) is 13.3 Å². The molecule has 0 radical (unpaired) electrons. The lowest BCUT2D eigenvalue weighted by molar-refractivity contribution is -0.0105. The summed E-state index contributed by atoms with van der Waals surface area (Å²) in [5.41, 5.74) is 0. The molecule has 0 amide bonds. The van der Waals surface area contributed by atoms with E-state index in [1.807, 2.05) is 0 Å². The molecule has 2 unspecified atom stereocenters. The van der Waals surface area contributed by atoms with E-state index in [9.17, 15) is 0 Å². The number of ether oxygens (including phenoxy) is 2. The topological polar surface area (TPSA) is 30.5 Å². The van der Waals surface area contributed by atoms with Gasteiger partial charge in [-0.3, -0.25) is 0 Å². The van der Waals surface area contributed by atoms with Crippen molar-refractivity contribution in [1.82, 2.24) is 5.32 Å². The van der Waals surface area contributed by atoms with Gasteiger partial charge in [-0.2, -0.15) is 0 Å². The van der Waals surface area contributed by atoms with Crippen molar-refractivity contribution < 1.29 is 9.47 Å². The molecule has 0 saturated carbocycles. The molecular formula is C8H15NO2. The van der Waals surface area contributed by atoms with Gasteiger partial charge in [0.2, 0.25) is 0 Å². The predicted molar refractivity (Wildman–Crippen MR) is 41.6 cm³/mol. The maximum Gasteiger partial charge on any atom is 0.0643 e. The molecule has 64 valence electrons. The maximum absolute atomic E-state index is 5.43. The minimum absolute atomic E-state index is 0.438. The second-order valence-corrected chi connectivity index (χ2v) is 3.48. The van der Waals surface area contributed by atoms with E-state index in [0.29, 0.717) is 18.2 Å². The first-order chi connectivity index (χ1) is 5.34. The third-order valence-electron chi connectivity index (χ3n) is 2.31. The summed E-state index contributed by atoms with van der Waals surface area (Å²) < 4.78 is 10.5. The molecule has 0 aliphatic carbocycles. The van der Waals surface area contributed by atoms with Crippen molar-refractivity contribution >= 4 is 0 Å². The number of hydrogen-bond donors (Lipinski definition) is 1. The van der Waals surface area contributed by atoms with Gasteiger partial charge in [0.25, 0.3) is 0 Å². The second-order valence-electron chi connectivity index (χ2n) is 3.48. The maximum atomic E-state index is 5.43. The lowest BCUT2D eigenvalue weighted by Gasteiger charge is -2.29. The molecule has 0 bridgehead atoms. The Hall–Kier alpha value is -0.120. The van der Waals surface area contributed by atoms with Crippen LogP contribution >= 0.6 is 0 Å². The first kappa shape index (κ1) is 7.53. The van der Waals surface area contributed by atoms with E-state index < -0.39 is 0 Å². The van der Waals surface area contributed by atoms with Gasteiger partial charge in [-0.1, -0.05) is 0 Å². The summed E-state index contributed by atoms with van der Waals surface area (Å²) in [5.74, 6) is 0. The fourth-order valence-corrected chi connectivity index (χ4v) is 1.60. The molecule has 0 aromatic carbocycles. The van der Waals surface area contributed by atoms with Crippen molar-refractivity contribution in [3.8, 4) is 0 Å². The molecule has 2 rings (SSSR count). The largest absolute Gasteiger partial charge is 0.378 e. The van der Waals surface area contributed by atoms with Crippen LogP contribution in [0, 0.1) is 0 Å². The van der Waals surface area contributed by atoms with E-state index in [4.69, 9.17) is 9.47 Å². The lowest BCUT2D eigenvalue weighted by atomic mass is 10.1. The van der Waals surface area contributed by atoms with Gasteiger partial charge in [0.05, 0.1) is 32.0 Å². The van der Waals surface area contributed by atoms with Gasteiger partial charge < -0.3 is 14.8 Å². The Labute approximate surface area is 67.1 Å². The lowest BCUT2D eigenvalue weighted by Crippen LogP contribution is -2.50. The molecule has 0 aromatic heterocycles. The van der Waals surface area contributed by atoms with Gasteiger partial charge >= 0.3 is 0 Å². The summed E-state index contributed by atoms with van der Waals surface area (Å²) in [6.45, 7) is 4.76. The zero-order valence-electron chi connectivity index (χ0n) is 6.88. The van der Waals surface area contributed by atoms with Crippen LogP contribution in [0.4, 0.5) is 0 Å². The van der Waals surface area contributed by atoms with Crippen molar-refractivity contribution in [1.29, 1.82) is 0 Å². The zero-order chi connectivity index (χ0) is 7.68. The Bertz CT molecular complexity index is 136. The van der Waals surface area contributed by atoms with E-state index in [1.54, 1.807) is 0 Å². The van der Waals surface area contributed by atoms with E-state index >= 15 is 0 Å². The zero-order valence-corrected chi connectivity index (χ0v) is 6.88. The summed E-state index contributed by atoms with van der Waals surface area (Å²) in [5, 5.41) is 3.50. The smallest absolute Gasteiger partial charge is 0.0643 e. The monoisotopic (exact) mass is 157 g/mol. The molecule has 2 aliphatic heterocycles. The Kier molecular flexibility index (Phi) is 2.11. The fourth-order valence-electron chi connectivity index (χ4n) is 1.60. The number of hydrogen-bond acceptors (Lipinski definition) is 3. The minimum atomic E-state index is 0.438. The molecule has 2 atom stereocenters. The first-order valence-corrected chi connectivity index (χ1v) is 4.30. The van der Waals surface area contributed by atoms with Gasteiger partial charge in [0.15, 0.2) is 0 Å². The standard InChI is InChI=1S/C8H15NO2/c1-6-2-7(5-11-6)9-8-3-10-4-8/h6-9H,2-5H2,1H3. The average Bonchev–Trinajstić information content (AvgIpc) is 2.27. The van der Waals surface area contributed by atoms with Crippen molar-refractivity contribution in [2.75, 3.05) is 19.8 Å². The Balaban J connectivity index is 1.70. The van der Waals surface area contributed by atoms with Crippen molar-refractivity contribution in [2.24, 2.45) is 0 Å². The molecule has 3 heteroatoms. The molecule has 2 fully saturated rings. The number of rotatable bonds is 2. The molecule has 0 aromatic rings. The molecule has 3 nitrogen and oxygen atoms in total. The molecule has 0 spiro atoms. The number of nitrogens with one attached hydrogen (secondary N) is 1. The van der Waals surface area contributed by atoms with Crippen LogP contribution in [0.15, 0.2) is 0 Å². The molecular weight excluding hydrogens is 142 g/mol. The van der Waals surface area contributed by atoms with Crippen molar-refractivity contribution in [3.63, 3.8) is 0 Å². The Morgan fingerprint density at radius 3 is 2.45 bits per heavy atom. The molecule has 1 N–H and O–H groups in total. The third kappa shape index (κ3) is 1.72. The highest BCUT2D eigenvalue weighted by Gasteiger charge is 2.27. The van der Waals surface area contributed by atoms with E-state index in [1.165, 1.54) is 0 Å². The second kappa shape index (κ2) is 3.09. The van der Waals surface area contributed by atoms with Crippen LogP contribution in [-0.2, 0) is 9.47 Å². The summed E-state index contributed by atoms with van der Waals surface area (Å²) in [4.78, 5) is 0. The molecule has 2 heterocycles. The summed E-state index contributed by atoms with van der Waals surface area (Å²) in [7, 11) is 0. The molecule has 11 heavy (non-hydrogen) atoms. The van der Waals surface area contributed by atoms with Crippen LogP contribution in [0.25, 0.3) is 0 Å². The van der Waals surface area contributed by atoms with Gasteiger partial charge in [0, 0.05) is 6.04 Å². The quantitative estimate of drug-likeness (QED) is 0.619. The van der Waals surface area contributed by atoms with Crippen LogP contribution in [0.3, 0.4) is 0 Å². The van der Waals surface area contributed by atoms with Crippen LogP contribution in [0.5, 0.6) is 0 Å². The Morgan fingerprint density at radius 2 is 2.00 bits per heavy atom. The van der Waals surface area contributed by atoms with E-state index in [0.717, 1.165) is 26.2 Å². The van der Waals surface area contributed by atoms with Gasteiger partial charge in [-0.15, -0.1) is 0 Å². The van der Waals surface area contributed by atoms with Crippen molar-refractivity contribution in [3.05, 3.63) is 0 Å². The normalized spacial score (nSPS) is 39.0. The molecule has 2 aliphatic rings. The van der Waals surface area contributed by atoms with E-state index in [2.05, 4.69) is 12.2 Å². The Morgan fingerprint density at radius 1 is 1.18 bits per heavy atom. The summed E-state index contributed by atoms with van der Waals surface area (Å²) in [6.07, 6.45) is 1.59.